The standard InChI is InChI=1S/C24H28N2O4S/c1-15-4-7-20(12-16(15)2)25-23(27)10-11-31(29,30)21-8-9-22-19(14-21)13-17(3)26(22)24(28)18-5-6-18/h4,7-9,12,14,17-18H,5-6,10-11,13H2,1-3H3,(H,25,27)/t17-/m0/s1. The van der Waals surface area contributed by atoms with Gasteiger partial charge in [-0.1, -0.05) is 6.07 Å². The zero-order chi connectivity index (χ0) is 22.3. The molecular formula is C24H28N2O4S. The maximum absolute atomic E-state index is 12.8. The average molecular weight is 441 g/mol. The van der Waals surface area contributed by atoms with Gasteiger partial charge in [0.2, 0.25) is 11.8 Å². The second kappa shape index (κ2) is 8.11. The normalized spacial score (nSPS) is 18.0. The van der Waals surface area contributed by atoms with Gasteiger partial charge in [-0.2, -0.15) is 0 Å². The van der Waals surface area contributed by atoms with Crippen molar-refractivity contribution in [2.45, 2.75) is 57.4 Å². The van der Waals surface area contributed by atoms with Crippen molar-refractivity contribution < 1.29 is 18.0 Å². The zero-order valence-electron chi connectivity index (χ0n) is 18.1. The molecule has 1 aliphatic carbocycles. The maximum Gasteiger partial charge on any atom is 0.230 e. The van der Waals surface area contributed by atoms with Crippen molar-refractivity contribution >= 4 is 33.0 Å². The van der Waals surface area contributed by atoms with Crippen LogP contribution in [0.4, 0.5) is 11.4 Å². The Morgan fingerprint density at radius 3 is 2.48 bits per heavy atom. The summed E-state index contributed by atoms with van der Waals surface area (Å²) in [5.41, 5.74) is 4.55. The molecule has 0 bridgehead atoms. The summed E-state index contributed by atoms with van der Waals surface area (Å²) in [5, 5.41) is 2.77. The molecule has 0 radical (unpaired) electrons. The van der Waals surface area contributed by atoms with Crippen LogP contribution in [0.25, 0.3) is 0 Å². The lowest BCUT2D eigenvalue weighted by molar-refractivity contribution is -0.120. The number of benzene rings is 2. The summed E-state index contributed by atoms with van der Waals surface area (Å²) in [4.78, 5) is 26.9. The summed E-state index contributed by atoms with van der Waals surface area (Å²) in [6, 6.07) is 10.6. The van der Waals surface area contributed by atoms with Gasteiger partial charge in [-0.3, -0.25) is 9.59 Å². The van der Waals surface area contributed by atoms with Gasteiger partial charge in [-0.25, -0.2) is 8.42 Å². The van der Waals surface area contributed by atoms with Crippen LogP contribution >= 0.6 is 0 Å². The van der Waals surface area contributed by atoms with Crippen molar-refractivity contribution in [3.8, 4) is 0 Å². The Morgan fingerprint density at radius 2 is 1.81 bits per heavy atom. The summed E-state index contributed by atoms with van der Waals surface area (Å²) in [7, 11) is -3.61. The fourth-order valence-corrected chi connectivity index (χ4v) is 5.34. The van der Waals surface area contributed by atoms with Gasteiger partial charge in [0.25, 0.3) is 0 Å². The van der Waals surface area contributed by atoms with Gasteiger partial charge in [0.15, 0.2) is 9.84 Å². The number of nitrogens with one attached hydrogen (secondary N) is 1. The molecule has 31 heavy (non-hydrogen) atoms. The molecule has 0 saturated heterocycles. The number of fused-ring (bicyclic) bond motifs is 1. The van der Waals surface area contributed by atoms with Crippen molar-refractivity contribution in [3.63, 3.8) is 0 Å². The fraction of sp³-hybridized carbons (Fsp3) is 0.417. The van der Waals surface area contributed by atoms with Crippen molar-refractivity contribution in [1.82, 2.24) is 0 Å². The van der Waals surface area contributed by atoms with E-state index in [1.165, 1.54) is 0 Å². The van der Waals surface area contributed by atoms with Crippen molar-refractivity contribution in [3.05, 3.63) is 53.1 Å². The smallest absolute Gasteiger partial charge is 0.230 e. The topological polar surface area (TPSA) is 83.6 Å². The second-order valence-electron chi connectivity index (χ2n) is 8.74. The lowest BCUT2D eigenvalue weighted by atomic mass is 10.1. The molecule has 0 aromatic heterocycles. The number of hydrogen-bond donors (Lipinski definition) is 1. The minimum atomic E-state index is -3.61. The number of amides is 2. The van der Waals surface area contributed by atoms with Crippen LogP contribution < -0.4 is 10.2 Å². The van der Waals surface area contributed by atoms with Gasteiger partial charge in [0, 0.05) is 29.8 Å². The SMILES string of the molecule is Cc1ccc(NC(=O)CCS(=O)(=O)c2ccc3c(c2)C[C@H](C)N3C(=O)C2CC2)cc1C. The molecule has 0 spiro atoms. The van der Waals surface area contributed by atoms with Gasteiger partial charge in [0.1, 0.15) is 0 Å². The van der Waals surface area contributed by atoms with E-state index in [1.54, 1.807) is 18.2 Å². The first kappa shape index (κ1) is 21.6. The highest BCUT2D eigenvalue weighted by molar-refractivity contribution is 7.91. The summed E-state index contributed by atoms with van der Waals surface area (Å²) in [6.45, 7) is 5.95. The van der Waals surface area contributed by atoms with Crippen LogP contribution in [0.5, 0.6) is 0 Å². The molecule has 1 saturated carbocycles. The number of sulfone groups is 1. The maximum atomic E-state index is 12.8. The first-order valence-electron chi connectivity index (χ1n) is 10.7. The zero-order valence-corrected chi connectivity index (χ0v) is 19.0. The van der Waals surface area contributed by atoms with Gasteiger partial charge in [0.05, 0.1) is 10.6 Å². The number of aryl methyl sites for hydroxylation is 2. The monoisotopic (exact) mass is 440 g/mol. The largest absolute Gasteiger partial charge is 0.326 e. The number of hydrogen-bond acceptors (Lipinski definition) is 4. The molecule has 0 unspecified atom stereocenters. The third-order valence-corrected chi connectivity index (χ3v) is 7.89. The molecule has 2 aromatic carbocycles. The molecule has 2 aromatic rings. The number of carbonyl (C=O) groups is 2. The first-order chi connectivity index (χ1) is 14.7. The van der Waals surface area contributed by atoms with Gasteiger partial charge in [-0.15, -0.1) is 0 Å². The molecule has 6 nitrogen and oxygen atoms in total. The minimum Gasteiger partial charge on any atom is -0.326 e. The first-order valence-corrected chi connectivity index (χ1v) is 12.4. The molecule has 4 rings (SSSR count). The Hall–Kier alpha value is -2.67. The lowest BCUT2D eigenvalue weighted by Crippen LogP contribution is -2.36. The van der Waals surface area contributed by atoms with E-state index < -0.39 is 9.84 Å². The predicted octanol–water partition coefficient (Wildman–Crippen LogP) is 3.79. The van der Waals surface area contributed by atoms with Gasteiger partial charge in [-0.05, 0) is 87.1 Å². The van der Waals surface area contributed by atoms with Crippen molar-refractivity contribution in [2.24, 2.45) is 5.92 Å². The molecular weight excluding hydrogens is 412 g/mol. The van der Waals surface area contributed by atoms with E-state index in [4.69, 9.17) is 0 Å². The summed E-state index contributed by atoms with van der Waals surface area (Å²) < 4.78 is 25.7. The van der Waals surface area contributed by atoms with Crippen molar-refractivity contribution in [1.29, 1.82) is 0 Å². The van der Waals surface area contributed by atoms with E-state index in [2.05, 4.69) is 5.32 Å². The highest BCUT2D eigenvalue weighted by atomic mass is 32.2. The molecule has 164 valence electrons. The van der Waals surface area contributed by atoms with Crippen LogP contribution in [0.15, 0.2) is 41.3 Å². The van der Waals surface area contributed by atoms with E-state index in [9.17, 15) is 18.0 Å². The van der Waals surface area contributed by atoms with E-state index >= 15 is 0 Å². The van der Waals surface area contributed by atoms with Gasteiger partial charge < -0.3 is 10.2 Å². The second-order valence-corrected chi connectivity index (χ2v) is 10.9. The number of carbonyl (C=O) groups excluding carboxylic acids is 2. The molecule has 2 amide bonds. The van der Waals surface area contributed by atoms with Crippen LogP contribution in [0.1, 0.15) is 42.9 Å². The average Bonchev–Trinajstić information content (AvgIpc) is 3.51. The molecule has 2 aliphatic rings. The van der Waals surface area contributed by atoms with Crippen LogP contribution in [0, 0.1) is 19.8 Å². The van der Waals surface area contributed by atoms with Crippen LogP contribution in [-0.2, 0) is 25.8 Å². The fourth-order valence-electron chi connectivity index (χ4n) is 4.05. The molecule has 1 heterocycles. The molecule has 1 fully saturated rings. The lowest BCUT2D eigenvalue weighted by Gasteiger charge is -2.22. The Kier molecular flexibility index (Phi) is 5.64. The minimum absolute atomic E-state index is 0.0322. The Morgan fingerprint density at radius 1 is 1.06 bits per heavy atom. The van der Waals surface area contributed by atoms with E-state index in [-0.39, 0.29) is 40.8 Å². The van der Waals surface area contributed by atoms with E-state index in [1.807, 2.05) is 43.9 Å². The Balaban J connectivity index is 1.43. The summed E-state index contributed by atoms with van der Waals surface area (Å²) in [6.07, 6.45) is 2.40. The molecule has 1 atom stereocenters. The highest BCUT2D eigenvalue weighted by Gasteiger charge is 2.39. The van der Waals surface area contributed by atoms with Crippen LogP contribution in [0.2, 0.25) is 0 Å². The number of anilines is 2. The number of nitrogens with zero attached hydrogens (tertiary/aromatic N) is 1. The summed E-state index contributed by atoms with van der Waals surface area (Å²) >= 11 is 0. The number of rotatable bonds is 6. The van der Waals surface area contributed by atoms with Crippen LogP contribution in [0.3, 0.4) is 0 Å². The third-order valence-electron chi connectivity index (χ3n) is 6.18. The highest BCUT2D eigenvalue weighted by Crippen LogP contribution is 2.39. The molecule has 1 aliphatic heterocycles. The van der Waals surface area contributed by atoms with E-state index in [0.29, 0.717) is 12.1 Å². The predicted molar refractivity (Wildman–Crippen MR) is 121 cm³/mol. The third kappa shape index (κ3) is 4.51. The van der Waals surface area contributed by atoms with Gasteiger partial charge >= 0.3 is 0 Å². The van der Waals surface area contributed by atoms with Crippen LogP contribution in [-0.4, -0.2) is 32.0 Å². The molecule has 7 heteroatoms. The Labute approximate surface area is 183 Å². The molecule has 1 N–H and O–H groups in total. The van der Waals surface area contributed by atoms with Crippen molar-refractivity contribution in [2.75, 3.05) is 16.0 Å². The Bertz CT molecular complexity index is 1150. The van der Waals surface area contributed by atoms with E-state index in [0.717, 1.165) is 35.2 Å². The summed E-state index contributed by atoms with van der Waals surface area (Å²) in [5.74, 6) is -0.330. The quantitative estimate of drug-likeness (QED) is 0.741.